The Kier molecular flexibility index (Phi) is 4.37. The third-order valence-corrected chi connectivity index (χ3v) is 2.94. The summed E-state index contributed by atoms with van der Waals surface area (Å²) in [5.74, 6) is 1.30. The highest BCUT2D eigenvalue weighted by molar-refractivity contribution is 5.67. The smallest absolute Gasteiger partial charge is 0.128 e. The lowest BCUT2D eigenvalue weighted by Gasteiger charge is -2.13. The van der Waals surface area contributed by atoms with E-state index in [1.54, 1.807) is 6.07 Å². The molecule has 0 atom stereocenters. The molecule has 0 unspecified atom stereocenters. The van der Waals surface area contributed by atoms with Gasteiger partial charge in [-0.25, -0.2) is 0 Å². The van der Waals surface area contributed by atoms with E-state index in [0.717, 1.165) is 22.7 Å². The Bertz CT molecular complexity index is 642. The maximum atomic E-state index is 8.97. The van der Waals surface area contributed by atoms with Crippen molar-refractivity contribution in [2.24, 2.45) is 5.92 Å². The predicted molar refractivity (Wildman–Crippen MR) is 79.5 cm³/mol. The van der Waals surface area contributed by atoms with Gasteiger partial charge in [0.2, 0.25) is 0 Å². The molecule has 0 saturated heterocycles. The van der Waals surface area contributed by atoms with E-state index >= 15 is 0 Å². The lowest BCUT2D eigenvalue weighted by Crippen LogP contribution is -2.05. The zero-order chi connectivity index (χ0) is 14.5. The second kappa shape index (κ2) is 6.21. The average molecular weight is 266 g/mol. The fraction of sp³-hybridized carbons (Fsp3) is 0.294. The molecule has 102 valence electrons. The van der Waals surface area contributed by atoms with Gasteiger partial charge in [0.1, 0.15) is 11.8 Å². The highest BCUT2D eigenvalue weighted by Gasteiger charge is 2.09. The van der Waals surface area contributed by atoms with E-state index in [9.17, 15) is 0 Å². The molecule has 0 aliphatic carbocycles. The summed E-state index contributed by atoms with van der Waals surface area (Å²) in [5.41, 5.74) is 3.14. The number of hydrogen-bond acceptors (Lipinski definition) is 3. The minimum atomic E-state index is 0.471. The van der Waals surface area contributed by atoms with Gasteiger partial charge in [-0.05, 0) is 37.1 Å². The molecule has 3 nitrogen and oxygen atoms in total. The molecule has 1 aromatic carbocycles. The largest absolute Gasteiger partial charge is 0.493 e. The number of rotatable bonds is 4. The first kappa shape index (κ1) is 14.1. The normalized spacial score (nSPS) is 10.3. The lowest BCUT2D eigenvalue weighted by molar-refractivity contribution is 0.272. The minimum Gasteiger partial charge on any atom is -0.493 e. The number of hydrogen-bond donors (Lipinski definition) is 0. The molecule has 0 N–H and O–H groups in total. The summed E-state index contributed by atoms with van der Waals surface area (Å²) < 4.78 is 5.84. The lowest BCUT2D eigenvalue weighted by atomic mass is 10.1. The zero-order valence-corrected chi connectivity index (χ0v) is 12.1. The van der Waals surface area contributed by atoms with Gasteiger partial charge in [-0.2, -0.15) is 5.26 Å². The molecule has 0 bridgehead atoms. The SMILES string of the molecule is Cc1nc(-c2ccccc2OCC(C)C)ccc1C#N. The van der Waals surface area contributed by atoms with Crippen LogP contribution in [-0.4, -0.2) is 11.6 Å². The van der Waals surface area contributed by atoms with Crippen LogP contribution < -0.4 is 4.74 Å². The molecule has 0 radical (unpaired) electrons. The van der Waals surface area contributed by atoms with Crippen molar-refractivity contribution in [3.63, 3.8) is 0 Å². The molecule has 0 aliphatic rings. The number of nitrogens with zero attached hydrogens (tertiary/aromatic N) is 2. The highest BCUT2D eigenvalue weighted by Crippen LogP contribution is 2.29. The summed E-state index contributed by atoms with van der Waals surface area (Å²) >= 11 is 0. The van der Waals surface area contributed by atoms with E-state index in [2.05, 4.69) is 24.9 Å². The van der Waals surface area contributed by atoms with Gasteiger partial charge in [0.05, 0.1) is 23.6 Å². The van der Waals surface area contributed by atoms with Crippen molar-refractivity contribution in [1.82, 2.24) is 4.98 Å². The predicted octanol–water partition coefficient (Wildman–Crippen LogP) is 3.96. The molecule has 2 rings (SSSR count). The van der Waals surface area contributed by atoms with Crippen LogP contribution in [-0.2, 0) is 0 Å². The van der Waals surface area contributed by atoms with Crippen molar-refractivity contribution in [3.8, 4) is 23.1 Å². The van der Waals surface area contributed by atoms with Crippen molar-refractivity contribution in [1.29, 1.82) is 5.26 Å². The first-order chi connectivity index (χ1) is 9.61. The molecule has 0 saturated carbocycles. The van der Waals surface area contributed by atoms with Gasteiger partial charge >= 0.3 is 0 Å². The molecule has 20 heavy (non-hydrogen) atoms. The Hall–Kier alpha value is -2.34. The Morgan fingerprint density at radius 1 is 1.20 bits per heavy atom. The van der Waals surface area contributed by atoms with Crippen LogP contribution in [0, 0.1) is 24.2 Å². The van der Waals surface area contributed by atoms with Crippen LogP contribution in [0.25, 0.3) is 11.3 Å². The summed E-state index contributed by atoms with van der Waals surface area (Å²) in [5, 5.41) is 8.97. The molecule has 0 spiro atoms. The Morgan fingerprint density at radius 3 is 2.60 bits per heavy atom. The third kappa shape index (κ3) is 3.16. The van der Waals surface area contributed by atoms with Gasteiger partial charge in [0.15, 0.2) is 0 Å². The Labute approximate surface area is 119 Å². The first-order valence-electron chi connectivity index (χ1n) is 6.71. The fourth-order valence-corrected chi connectivity index (χ4v) is 1.89. The average Bonchev–Trinajstić information content (AvgIpc) is 2.45. The number of nitriles is 1. The topological polar surface area (TPSA) is 45.9 Å². The van der Waals surface area contributed by atoms with Crippen LogP contribution >= 0.6 is 0 Å². The summed E-state index contributed by atoms with van der Waals surface area (Å²) in [7, 11) is 0. The molecular weight excluding hydrogens is 248 g/mol. The van der Waals surface area contributed by atoms with Gasteiger partial charge < -0.3 is 4.74 Å². The summed E-state index contributed by atoms with van der Waals surface area (Å²) in [6, 6.07) is 13.7. The van der Waals surface area contributed by atoms with Crippen molar-refractivity contribution in [3.05, 3.63) is 47.7 Å². The van der Waals surface area contributed by atoms with Gasteiger partial charge in [-0.1, -0.05) is 26.0 Å². The van der Waals surface area contributed by atoms with Crippen LogP contribution in [0.4, 0.5) is 0 Å². The van der Waals surface area contributed by atoms with Gasteiger partial charge in [-0.15, -0.1) is 0 Å². The maximum absolute atomic E-state index is 8.97. The molecule has 0 fully saturated rings. The third-order valence-electron chi connectivity index (χ3n) is 2.94. The van der Waals surface area contributed by atoms with Gasteiger partial charge in [-0.3, -0.25) is 4.98 Å². The number of ether oxygens (including phenoxy) is 1. The van der Waals surface area contributed by atoms with Crippen LogP contribution in [0.2, 0.25) is 0 Å². The number of benzene rings is 1. The van der Waals surface area contributed by atoms with Crippen molar-refractivity contribution < 1.29 is 4.74 Å². The monoisotopic (exact) mass is 266 g/mol. The molecule has 0 amide bonds. The number of pyridine rings is 1. The Balaban J connectivity index is 2.37. The summed E-state index contributed by atoms with van der Waals surface area (Å²) in [4.78, 5) is 4.50. The molecule has 1 heterocycles. The zero-order valence-electron chi connectivity index (χ0n) is 12.1. The van der Waals surface area contributed by atoms with Gasteiger partial charge in [0, 0.05) is 5.56 Å². The molecular formula is C17H18N2O. The standard InChI is InChI=1S/C17H18N2O/c1-12(2)11-20-17-7-5-4-6-15(17)16-9-8-14(10-18)13(3)19-16/h4-9,12H,11H2,1-3H3. The van der Waals surface area contributed by atoms with Crippen LogP contribution in [0.5, 0.6) is 5.75 Å². The van der Waals surface area contributed by atoms with E-state index in [0.29, 0.717) is 18.1 Å². The molecule has 3 heteroatoms. The second-order valence-corrected chi connectivity index (χ2v) is 5.14. The van der Waals surface area contributed by atoms with E-state index in [1.165, 1.54) is 0 Å². The minimum absolute atomic E-state index is 0.471. The molecule has 2 aromatic rings. The van der Waals surface area contributed by atoms with E-state index in [-0.39, 0.29) is 0 Å². The summed E-state index contributed by atoms with van der Waals surface area (Å²) in [6.45, 7) is 6.76. The number of aryl methyl sites for hydroxylation is 1. The maximum Gasteiger partial charge on any atom is 0.128 e. The number of para-hydroxylation sites is 1. The van der Waals surface area contributed by atoms with E-state index < -0.39 is 0 Å². The molecule has 1 aromatic heterocycles. The second-order valence-electron chi connectivity index (χ2n) is 5.14. The van der Waals surface area contributed by atoms with E-state index in [1.807, 2.05) is 37.3 Å². The van der Waals surface area contributed by atoms with Crippen molar-refractivity contribution >= 4 is 0 Å². The van der Waals surface area contributed by atoms with Crippen molar-refractivity contribution in [2.45, 2.75) is 20.8 Å². The van der Waals surface area contributed by atoms with Crippen molar-refractivity contribution in [2.75, 3.05) is 6.61 Å². The van der Waals surface area contributed by atoms with Crippen LogP contribution in [0.15, 0.2) is 36.4 Å². The highest BCUT2D eigenvalue weighted by atomic mass is 16.5. The quantitative estimate of drug-likeness (QED) is 0.841. The number of aromatic nitrogens is 1. The van der Waals surface area contributed by atoms with Crippen LogP contribution in [0.1, 0.15) is 25.1 Å². The van der Waals surface area contributed by atoms with E-state index in [4.69, 9.17) is 10.00 Å². The fourth-order valence-electron chi connectivity index (χ4n) is 1.89. The summed E-state index contributed by atoms with van der Waals surface area (Å²) in [6.07, 6.45) is 0. The Morgan fingerprint density at radius 2 is 1.95 bits per heavy atom. The first-order valence-corrected chi connectivity index (χ1v) is 6.71. The van der Waals surface area contributed by atoms with Gasteiger partial charge in [0.25, 0.3) is 0 Å². The molecule has 0 aliphatic heterocycles. The van der Waals surface area contributed by atoms with Crippen LogP contribution in [0.3, 0.4) is 0 Å².